The van der Waals surface area contributed by atoms with Crippen LogP contribution in [0.5, 0.6) is 0 Å². The monoisotopic (exact) mass is 385 g/mol. The number of halogens is 1. The number of anilines is 1. The fraction of sp³-hybridized carbons (Fsp3) is 0.286. The third kappa shape index (κ3) is 4.41. The Morgan fingerprint density at radius 2 is 1.82 bits per heavy atom. The number of nitrogens with zero attached hydrogens (tertiary/aromatic N) is 2. The number of aryl methyl sites for hydroxylation is 1. The highest BCUT2D eigenvalue weighted by Crippen LogP contribution is 2.17. The van der Waals surface area contributed by atoms with Crippen molar-refractivity contribution in [1.29, 1.82) is 0 Å². The standard InChI is InChI=1S/C14H16BrN3O3S/c1-18-14(19)13(15)12(8-17-18)16-7-10-3-5-11(6-4-10)9-22(2,20)21/h3-6,8,16H,7,9H2,1-2H3. The van der Waals surface area contributed by atoms with Gasteiger partial charge in [-0.25, -0.2) is 13.1 Å². The molecule has 8 heteroatoms. The smallest absolute Gasteiger partial charge is 0.282 e. The van der Waals surface area contributed by atoms with Gasteiger partial charge in [-0.15, -0.1) is 0 Å². The van der Waals surface area contributed by atoms with Gasteiger partial charge >= 0.3 is 0 Å². The fourth-order valence-corrected chi connectivity index (χ4v) is 3.18. The number of rotatable bonds is 5. The average Bonchev–Trinajstić information content (AvgIpc) is 2.44. The predicted octanol–water partition coefficient (Wildman–Crippen LogP) is 1.70. The zero-order valence-corrected chi connectivity index (χ0v) is 14.6. The highest BCUT2D eigenvalue weighted by molar-refractivity contribution is 9.10. The van der Waals surface area contributed by atoms with E-state index in [9.17, 15) is 13.2 Å². The third-order valence-corrected chi connectivity index (χ3v) is 4.64. The number of hydrogen-bond donors (Lipinski definition) is 1. The van der Waals surface area contributed by atoms with Gasteiger partial charge in [-0.1, -0.05) is 24.3 Å². The molecule has 0 saturated heterocycles. The maximum atomic E-state index is 11.7. The van der Waals surface area contributed by atoms with Gasteiger partial charge in [0.15, 0.2) is 9.84 Å². The van der Waals surface area contributed by atoms with E-state index in [0.717, 1.165) is 11.1 Å². The second kappa shape index (κ2) is 6.62. The predicted molar refractivity (Wildman–Crippen MR) is 89.5 cm³/mol. The number of sulfone groups is 1. The van der Waals surface area contributed by atoms with E-state index in [-0.39, 0.29) is 11.3 Å². The molecule has 0 atom stereocenters. The lowest BCUT2D eigenvalue weighted by Gasteiger charge is -2.09. The molecule has 1 N–H and O–H groups in total. The molecule has 0 unspecified atom stereocenters. The van der Waals surface area contributed by atoms with Gasteiger partial charge in [0, 0.05) is 19.8 Å². The Hall–Kier alpha value is -1.67. The van der Waals surface area contributed by atoms with Crippen LogP contribution in [0.25, 0.3) is 0 Å². The van der Waals surface area contributed by atoms with Gasteiger partial charge in [0.1, 0.15) is 4.47 Å². The number of hydrogen-bond acceptors (Lipinski definition) is 5. The molecule has 1 heterocycles. The molecule has 0 aliphatic heterocycles. The summed E-state index contributed by atoms with van der Waals surface area (Å²) < 4.78 is 24.1. The summed E-state index contributed by atoms with van der Waals surface area (Å²) >= 11 is 3.25. The molecule has 0 spiro atoms. The Balaban J connectivity index is 2.06. The molecule has 0 aliphatic rings. The van der Waals surface area contributed by atoms with Crippen molar-refractivity contribution in [2.45, 2.75) is 12.3 Å². The van der Waals surface area contributed by atoms with E-state index in [0.29, 0.717) is 16.7 Å². The SMILES string of the molecule is Cn1ncc(NCc2ccc(CS(C)(=O)=O)cc2)c(Br)c1=O. The van der Waals surface area contributed by atoms with Gasteiger partial charge in [0.2, 0.25) is 0 Å². The molecule has 0 saturated carbocycles. The first kappa shape index (κ1) is 16.7. The average molecular weight is 386 g/mol. The molecular weight excluding hydrogens is 370 g/mol. The molecule has 1 aromatic heterocycles. The van der Waals surface area contributed by atoms with E-state index in [1.807, 2.05) is 12.1 Å². The molecule has 6 nitrogen and oxygen atoms in total. The van der Waals surface area contributed by atoms with Gasteiger partial charge in [0.25, 0.3) is 5.56 Å². The maximum absolute atomic E-state index is 11.7. The third-order valence-electron chi connectivity index (χ3n) is 3.01. The lowest BCUT2D eigenvalue weighted by atomic mass is 10.1. The molecule has 2 rings (SSSR count). The van der Waals surface area contributed by atoms with Crippen LogP contribution in [0.1, 0.15) is 11.1 Å². The topological polar surface area (TPSA) is 81.1 Å². The van der Waals surface area contributed by atoms with E-state index >= 15 is 0 Å². The summed E-state index contributed by atoms with van der Waals surface area (Å²) in [5, 5.41) is 7.08. The largest absolute Gasteiger partial charge is 0.379 e. The maximum Gasteiger partial charge on any atom is 0.282 e. The first-order chi connectivity index (χ1) is 10.3. The van der Waals surface area contributed by atoms with Gasteiger partial charge in [-0.2, -0.15) is 5.10 Å². The van der Waals surface area contributed by atoms with Gasteiger partial charge < -0.3 is 5.32 Å². The summed E-state index contributed by atoms with van der Waals surface area (Å²) in [6.07, 6.45) is 2.78. The van der Waals surface area contributed by atoms with Crippen molar-refractivity contribution in [3.05, 3.63) is 56.4 Å². The van der Waals surface area contributed by atoms with Crippen molar-refractivity contribution in [3.63, 3.8) is 0 Å². The van der Waals surface area contributed by atoms with Crippen LogP contribution in [0.15, 0.2) is 39.7 Å². The molecular formula is C14H16BrN3O3S. The van der Waals surface area contributed by atoms with Crippen molar-refractivity contribution in [3.8, 4) is 0 Å². The van der Waals surface area contributed by atoms with Crippen LogP contribution in [0.4, 0.5) is 5.69 Å². The zero-order chi connectivity index (χ0) is 16.3. The molecule has 118 valence electrons. The second-order valence-electron chi connectivity index (χ2n) is 5.04. The van der Waals surface area contributed by atoms with Crippen LogP contribution in [0.2, 0.25) is 0 Å². The van der Waals surface area contributed by atoms with E-state index in [1.165, 1.54) is 10.9 Å². The van der Waals surface area contributed by atoms with Gasteiger partial charge in [-0.05, 0) is 27.1 Å². The minimum absolute atomic E-state index is 0.0326. The summed E-state index contributed by atoms with van der Waals surface area (Å²) in [5.41, 5.74) is 2.13. The van der Waals surface area contributed by atoms with Gasteiger partial charge in [-0.3, -0.25) is 4.79 Å². The first-order valence-electron chi connectivity index (χ1n) is 6.47. The second-order valence-corrected chi connectivity index (χ2v) is 7.97. The summed E-state index contributed by atoms with van der Waals surface area (Å²) in [6.45, 7) is 0.507. The lowest BCUT2D eigenvalue weighted by molar-refractivity contribution is 0.601. The molecule has 2 aromatic rings. The van der Waals surface area contributed by atoms with Crippen LogP contribution in [0, 0.1) is 0 Å². The summed E-state index contributed by atoms with van der Waals surface area (Å²) in [7, 11) is -1.45. The lowest BCUT2D eigenvalue weighted by Crippen LogP contribution is -2.21. The van der Waals surface area contributed by atoms with Crippen molar-refractivity contribution < 1.29 is 8.42 Å². The van der Waals surface area contributed by atoms with Gasteiger partial charge in [0.05, 0.1) is 17.6 Å². The Bertz CT molecular complexity index is 829. The summed E-state index contributed by atoms with van der Waals surface area (Å²) in [4.78, 5) is 11.7. The van der Waals surface area contributed by atoms with E-state index in [4.69, 9.17) is 0 Å². The highest BCUT2D eigenvalue weighted by atomic mass is 79.9. The molecule has 0 bridgehead atoms. The van der Waals surface area contributed by atoms with Crippen LogP contribution >= 0.6 is 15.9 Å². The molecule has 22 heavy (non-hydrogen) atoms. The van der Waals surface area contributed by atoms with Crippen molar-refractivity contribution in [2.75, 3.05) is 11.6 Å². The highest BCUT2D eigenvalue weighted by Gasteiger charge is 2.07. The summed E-state index contributed by atoms with van der Waals surface area (Å²) in [6, 6.07) is 7.29. The van der Waals surface area contributed by atoms with E-state index < -0.39 is 9.84 Å². The number of nitrogens with one attached hydrogen (secondary N) is 1. The Morgan fingerprint density at radius 3 is 2.41 bits per heavy atom. The quantitative estimate of drug-likeness (QED) is 0.846. The molecule has 0 fully saturated rings. The van der Waals surface area contributed by atoms with Crippen molar-refractivity contribution >= 4 is 31.5 Å². The van der Waals surface area contributed by atoms with Crippen molar-refractivity contribution in [1.82, 2.24) is 9.78 Å². The minimum atomic E-state index is -3.03. The summed E-state index contributed by atoms with van der Waals surface area (Å²) in [5.74, 6) is 0.0326. The van der Waals surface area contributed by atoms with Crippen molar-refractivity contribution in [2.24, 2.45) is 7.05 Å². The molecule has 0 amide bonds. The van der Waals surface area contributed by atoms with Crippen LogP contribution in [0.3, 0.4) is 0 Å². The number of aromatic nitrogens is 2. The minimum Gasteiger partial charge on any atom is -0.379 e. The van der Waals surface area contributed by atoms with E-state index in [1.54, 1.807) is 25.4 Å². The normalized spacial score (nSPS) is 11.4. The first-order valence-corrected chi connectivity index (χ1v) is 9.33. The Morgan fingerprint density at radius 1 is 1.23 bits per heavy atom. The van der Waals surface area contributed by atoms with Crippen LogP contribution < -0.4 is 10.9 Å². The molecule has 0 radical (unpaired) electrons. The Kier molecular flexibility index (Phi) is 5.02. The molecule has 0 aliphatic carbocycles. The van der Waals surface area contributed by atoms with E-state index in [2.05, 4.69) is 26.3 Å². The van der Waals surface area contributed by atoms with Crippen LogP contribution in [-0.2, 0) is 29.2 Å². The van der Waals surface area contributed by atoms with Crippen LogP contribution in [-0.4, -0.2) is 24.5 Å². The molecule has 1 aromatic carbocycles. The fourth-order valence-electron chi connectivity index (χ4n) is 1.89. The zero-order valence-electron chi connectivity index (χ0n) is 12.2. The number of benzene rings is 1. The Labute approximate surface area is 137 Å².